The summed E-state index contributed by atoms with van der Waals surface area (Å²) in [7, 11) is 0. The fourth-order valence-electron chi connectivity index (χ4n) is 3.46. The van der Waals surface area contributed by atoms with E-state index in [0.717, 1.165) is 49.2 Å². The molecule has 26 heavy (non-hydrogen) atoms. The molecular formula is C20H28N2O4. The van der Waals surface area contributed by atoms with Crippen molar-refractivity contribution in [3.8, 4) is 11.5 Å². The van der Waals surface area contributed by atoms with E-state index >= 15 is 0 Å². The van der Waals surface area contributed by atoms with Crippen molar-refractivity contribution in [3.63, 3.8) is 0 Å². The Kier molecular flexibility index (Phi) is 6.01. The van der Waals surface area contributed by atoms with Gasteiger partial charge in [0.2, 0.25) is 18.6 Å². The number of rotatable bonds is 6. The second kappa shape index (κ2) is 8.43. The van der Waals surface area contributed by atoms with E-state index in [-0.39, 0.29) is 36.5 Å². The van der Waals surface area contributed by atoms with Gasteiger partial charge in [-0.1, -0.05) is 13.0 Å². The maximum atomic E-state index is 12.4. The van der Waals surface area contributed by atoms with E-state index < -0.39 is 0 Å². The van der Waals surface area contributed by atoms with Crippen LogP contribution in [0.15, 0.2) is 18.2 Å². The lowest BCUT2D eigenvalue weighted by molar-refractivity contribution is -0.131. The topological polar surface area (TPSA) is 76.7 Å². The Labute approximate surface area is 154 Å². The van der Waals surface area contributed by atoms with Gasteiger partial charge in [0.05, 0.1) is 0 Å². The van der Waals surface area contributed by atoms with Gasteiger partial charge in [-0.2, -0.15) is 0 Å². The van der Waals surface area contributed by atoms with E-state index in [1.807, 2.05) is 25.1 Å². The lowest BCUT2D eigenvalue weighted by Crippen LogP contribution is -2.40. The van der Waals surface area contributed by atoms with Gasteiger partial charge < -0.3 is 20.1 Å². The van der Waals surface area contributed by atoms with Gasteiger partial charge in [0, 0.05) is 24.4 Å². The van der Waals surface area contributed by atoms with Gasteiger partial charge in [-0.25, -0.2) is 0 Å². The van der Waals surface area contributed by atoms with Crippen molar-refractivity contribution in [2.24, 2.45) is 11.8 Å². The van der Waals surface area contributed by atoms with Gasteiger partial charge in [-0.05, 0) is 56.7 Å². The van der Waals surface area contributed by atoms with Crippen LogP contribution in [0.3, 0.4) is 0 Å². The van der Waals surface area contributed by atoms with Crippen molar-refractivity contribution in [1.29, 1.82) is 0 Å². The molecule has 0 saturated heterocycles. The van der Waals surface area contributed by atoms with Crippen LogP contribution in [-0.4, -0.2) is 24.6 Å². The second-order valence-corrected chi connectivity index (χ2v) is 7.27. The third kappa shape index (κ3) is 4.48. The molecule has 3 rings (SSSR count). The van der Waals surface area contributed by atoms with Crippen LogP contribution in [0.2, 0.25) is 0 Å². The molecule has 1 heterocycles. The minimum Gasteiger partial charge on any atom is -0.454 e. The smallest absolute Gasteiger partial charge is 0.231 e. The summed E-state index contributed by atoms with van der Waals surface area (Å²) in [6.07, 6.45) is 4.04. The highest BCUT2D eigenvalue weighted by Gasteiger charge is 2.30. The zero-order chi connectivity index (χ0) is 18.5. The maximum absolute atomic E-state index is 12.4. The summed E-state index contributed by atoms with van der Waals surface area (Å²) in [6.45, 7) is 4.81. The van der Waals surface area contributed by atoms with Gasteiger partial charge in [0.1, 0.15) is 0 Å². The van der Waals surface area contributed by atoms with Crippen LogP contribution in [0.1, 0.15) is 51.5 Å². The van der Waals surface area contributed by atoms with Gasteiger partial charge in [-0.3, -0.25) is 9.59 Å². The number of amides is 2. The second-order valence-electron chi connectivity index (χ2n) is 7.27. The fourth-order valence-corrected chi connectivity index (χ4v) is 3.46. The molecule has 0 aromatic heterocycles. The maximum Gasteiger partial charge on any atom is 0.231 e. The summed E-state index contributed by atoms with van der Waals surface area (Å²) >= 11 is 0. The first-order chi connectivity index (χ1) is 12.6. The standard InChI is InChI=1S/C20H28N2O4/c1-3-13(2)22-20(24)16-7-5-15(6-8-16)19(23)21-11-14-4-9-17-18(10-14)26-12-25-17/h4,9-10,13,15-16H,3,5-8,11-12H2,1-2H3,(H,21,23)(H,22,24). The molecule has 2 aliphatic rings. The summed E-state index contributed by atoms with van der Waals surface area (Å²) < 4.78 is 10.7. The number of fused-ring (bicyclic) bond motifs is 1. The zero-order valence-electron chi connectivity index (χ0n) is 15.5. The van der Waals surface area contributed by atoms with E-state index in [1.54, 1.807) is 0 Å². The van der Waals surface area contributed by atoms with Crippen molar-refractivity contribution in [1.82, 2.24) is 10.6 Å². The van der Waals surface area contributed by atoms with Gasteiger partial charge >= 0.3 is 0 Å². The van der Waals surface area contributed by atoms with Crippen LogP contribution < -0.4 is 20.1 Å². The Hall–Kier alpha value is -2.24. The molecule has 142 valence electrons. The number of nitrogens with one attached hydrogen (secondary N) is 2. The Balaban J connectivity index is 1.43. The van der Waals surface area contributed by atoms with E-state index in [9.17, 15) is 9.59 Å². The molecule has 0 spiro atoms. The summed E-state index contributed by atoms with van der Waals surface area (Å²) in [6, 6.07) is 5.92. The minimum atomic E-state index is -0.00309. The van der Waals surface area contributed by atoms with E-state index in [2.05, 4.69) is 17.6 Å². The number of ether oxygens (including phenoxy) is 2. The SMILES string of the molecule is CCC(C)NC(=O)C1CCC(C(=O)NCc2ccc3c(c2)OCO3)CC1. The number of hydrogen-bond acceptors (Lipinski definition) is 4. The van der Waals surface area contributed by atoms with Crippen molar-refractivity contribution in [3.05, 3.63) is 23.8 Å². The molecule has 6 nitrogen and oxygen atoms in total. The van der Waals surface area contributed by atoms with E-state index in [0.29, 0.717) is 6.54 Å². The highest BCUT2D eigenvalue weighted by molar-refractivity contribution is 5.81. The Bertz CT molecular complexity index is 653. The molecule has 6 heteroatoms. The van der Waals surface area contributed by atoms with Gasteiger partial charge in [0.25, 0.3) is 0 Å². The molecule has 2 N–H and O–H groups in total. The predicted molar refractivity (Wildman–Crippen MR) is 97.8 cm³/mol. The molecule has 1 aliphatic carbocycles. The average Bonchev–Trinajstić information content (AvgIpc) is 3.13. The predicted octanol–water partition coefficient (Wildman–Crippen LogP) is 2.75. The van der Waals surface area contributed by atoms with Crippen LogP contribution in [0.25, 0.3) is 0 Å². The van der Waals surface area contributed by atoms with Crippen LogP contribution in [-0.2, 0) is 16.1 Å². The zero-order valence-corrected chi connectivity index (χ0v) is 15.5. The van der Waals surface area contributed by atoms with Crippen LogP contribution in [0.5, 0.6) is 11.5 Å². The summed E-state index contributed by atoms with van der Waals surface area (Å²) in [5.74, 6) is 1.72. The summed E-state index contributed by atoms with van der Waals surface area (Å²) in [5.41, 5.74) is 0.990. The minimum absolute atomic E-state index is 0.00309. The number of carbonyl (C=O) groups is 2. The highest BCUT2D eigenvalue weighted by Crippen LogP contribution is 2.33. The molecule has 1 aromatic carbocycles. The van der Waals surface area contributed by atoms with Crippen molar-refractivity contribution in [2.75, 3.05) is 6.79 Å². The van der Waals surface area contributed by atoms with Gasteiger partial charge in [0.15, 0.2) is 11.5 Å². The Morgan fingerprint density at radius 3 is 2.42 bits per heavy atom. The first-order valence-electron chi connectivity index (χ1n) is 9.53. The van der Waals surface area contributed by atoms with Crippen molar-refractivity contribution >= 4 is 11.8 Å². The molecule has 0 bridgehead atoms. The van der Waals surface area contributed by atoms with E-state index in [4.69, 9.17) is 9.47 Å². The van der Waals surface area contributed by atoms with E-state index in [1.165, 1.54) is 0 Å². The third-order valence-corrected chi connectivity index (χ3v) is 5.37. The van der Waals surface area contributed by atoms with Crippen molar-refractivity contribution in [2.45, 2.75) is 58.5 Å². The van der Waals surface area contributed by atoms with Crippen LogP contribution in [0.4, 0.5) is 0 Å². The first kappa shape index (κ1) is 18.5. The number of benzene rings is 1. The molecule has 0 radical (unpaired) electrons. The average molecular weight is 360 g/mol. The first-order valence-corrected chi connectivity index (χ1v) is 9.53. The molecular weight excluding hydrogens is 332 g/mol. The van der Waals surface area contributed by atoms with Crippen LogP contribution >= 0.6 is 0 Å². The highest BCUT2D eigenvalue weighted by atomic mass is 16.7. The molecule has 1 atom stereocenters. The molecule has 1 fully saturated rings. The van der Waals surface area contributed by atoms with Crippen LogP contribution in [0, 0.1) is 11.8 Å². The quantitative estimate of drug-likeness (QED) is 0.818. The molecule has 1 unspecified atom stereocenters. The molecule has 1 saturated carbocycles. The largest absolute Gasteiger partial charge is 0.454 e. The Morgan fingerprint density at radius 2 is 1.73 bits per heavy atom. The lowest BCUT2D eigenvalue weighted by Gasteiger charge is -2.28. The van der Waals surface area contributed by atoms with Gasteiger partial charge in [-0.15, -0.1) is 0 Å². The number of hydrogen-bond donors (Lipinski definition) is 2. The summed E-state index contributed by atoms with van der Waals surface area (Å²) in [5, 5.41) is 6.06. The lowest BCUT2D eigenvalue weighted by atomic mass is 9.81. The molecule has 1 aliphatic heterocycles. The third-order valence-electron chi connectivity index (χ3n) is 5.37. The molecule has 1 aromatic rings. The fraction of sp³-hybridized carbons (Fsp3) is 0.600. The monoisotopic (exact) mass is 360 g/mol. The summed E-state index contributed by atoms with van der Waals surface area (Å²) in [4.78, 5) is 24.7. The Morgan fingerprint density at radius 1 is 1.08 bits per heavy atom. The van der Waals surface area contributed by atoms with Crippen molar-refractivity contribution < 1.29 is 19.1 Å². The molecule has 2 amide bonds. The normalized spacial score (nSPS) is 22.5. The number of carbonyl (C=O) groups excluding carboxylic acids is 2.